The summed E-state index contributed by atoms with van der Waals surface area (Å²) in [5, 5.41) is 1.11. The minimum atomic E-state index is -4.71. The molecule has 43 heavy (non-hydrogen) atoms. The van der Waals surface area contributed by atoms with Crippen LogP contribution in [0.3, 0.4) is 0 Å². The monoisotopic (exact) mass is 590 g/mol. The van der Waals surface area contributed by atoms with Gasteiger partial charge in [0.25, 0.3) is 0 Å². The van der Waals surface area contributed by atoms with Crippen molar-refractivity contribution in [2.24, 2.45) is 11.1 Å². The van der Waals surface area contributed by atoms with E-state index in [1.54, 1.807) is 12.1 Å². The number of ether oxygens (including phenoxy) is 1. The van der Waals surface area contributed by atoms with Crippen LogP contribution in [0.2, 0.25) is 0 Å². The van der Waals surface area contributed by atoms with Crippen LogP contribution in [0.25, 0.3) is 22.0 Å². The van der Waals surface area contributed by atoms with Crippen molar-refractivity contribution in [3.63, 3.8) is 0 Å². The first-order chi connectivity index (χ1) is 20.7. The van der Waals surface area contributed by atoms with E-state index in [4.69, 9.17) is 5.73 Å². The van der Waals surface area contributed by atoms with E-state index in [-0.39, 0.29) is 5.75 Å². The summed E-state index contributed by atoms with van der Waals surface area (Å²) < 4.78 is 44.4. The third-order valence-electron chi connectivity index (χ3n) is 9.28. The summed E-state index contributed by atoms with van der Waals surface area (Å²) in [7, 11) is 0. The zero-order chi connectivity index (χ0) is 30.0. The fraction of sp³-hybridized carbons (Fsp3) is 0.429. The van der Waals surface area contributed by atoms with Gasteiger partial charge in [-0.1, -0.05) is 48.0 Å². The smallest absolute Gasteiger partial charge is 0.406 e. The summed E-state index contributed by atoms with van der Waals surface area (Å²) in [6.45, 7) is 10.0. The summed E-state index contributed by atoms with van der Waals surface area (Å²) in [4.78, 5) is 5.21. The number of piperidine rings is 1. The van der Waals surface area contributed by atoms with Crippen LogP contribution < -0.4 is 10.5 Å². The summed E-state index contributed by atoms with van der Waals surface area (Å²) in [6.07, 6.45) is 1.98. The minimum absolute atomic E-state index is 0.215. The molecule has 0 aliphatic carbocycles. The van der Waals surface area contributed by atoms with Gasteiger partial charge < -0.3 is 15.0 Å². The van der Waals surface area contributed by atoms with E-state index in [2.05, 4.69) is 74.7 Å². The van der Waals surface area contributed by atoms with Crippen LogP contribution in [0.4, 0.5) is 13.2 Å². The number of hydrogen-bond donors (Lipinski definition) is 1. The molecule has 0 radical (unpaired) electrons. The van der Waals surface area contributed by atoms with Gasteiger partial charge in [-0.25, -0.2) is 0 Å². The zero-order valence-electron chi connectivity index (χ0n) is 24.9. The molecule has 0 bridgehead atoms. The van der Waals surface area contributed by atoms with Crippen LogP contribution >= 0.6 is 0 Å². The largest absolute Gasteiger partial charge is 0.573 e. The first-order valence-electron chi connectivity index (χ1n) is 15.4. The average molecular weight is 591 g/mol. The number of likely N-dealkylation sites (tertiary alicyclic amines) is 2. The first kappa shape index (κ1) is 29.7. The topological polar surface area (TPSA) is 46.7 Å². The molecule has 5 nitrogen and oxygen atoms in total. The summed E-state index contributed by atoms with van der Waals surface area (Å²) in [5.41, 5.74) is 13.2. The second kappa shape index (κ2) is 12.3. The van der Waals surface area contributed by atoms with Crippen LogP contribution in [-0.2, 0) is 19.6 Å². The van der Waals surface area contributed by atoms with Crippen LogP contribution in [-0.4, -0.2) is 53.5 Å². The Morgan fingerprint density at radius 3 is 2.26 bits per heavy atom. The molecule has 0 amide bonds. The molecule has 2 fully saturated rings. The zero-order valence-corrected chi connectivity index (χ0v) is 24.9. The van der Waals surface area contributed by atoms with Crippen molar-refractivity contribution in [1.29, 1.82) is 0 Å². The van der Waals surface area contributed by atoms with Gasteiger partial charge in [-0.05, 0) is 105 Å². The molecule has 0 saturated carbocycles. The average Bonchev–Trinajstić information content (AvgIpc) is 3.53. The van der Waals surface area contributed by atoms with Crippen LogP contribution in [0.15, 0.2) is 72.9 Å². The molecule has 0 unspecified atom stereocenters. The number of aryl methyl sites for hydroxylation is 2. The van der Waals surface area contributed by atoms with E-state index in [1.807, 2.05) is 0 Å². The molecule has 3 aromatic carbocycles. The van der Waals surface area contributed by atoms with Crippen LogP contribution in [0.1, 0.15) is 42.4 Å². The van der Waals surface area contributed by atoms with Gasteiger partial charge in [0, 0.05) is 48.8 Å². The predicted molar refractivity (Wildman–Crippen MR) is 166 cm³/mol. The molecule has 2 aliphatic rings. The molecule has 228 valence electrons. The third kappa shape index (κ3) is 7.08. The van der Waals surface area contributed by atoms with E-state index < -0.39 is 6.36 Å². The highest BCUT2D eigenvalue weighted by Gasteiger charge is 2.40. The van der Waals surface area contributed by atoms with Gasteiger partial charge in [-0.3, -0.25) is 9.80 Å². The number of alkyl halides is 3. The number of nitrogens with two attached hydrogens (primary N) is 1. The van der Waals surface area contributed by atoms with Gasteiger partial charge >= 0.3 is 6.36 Å². The predicted octanol–water partition coefficient (Wildman–Crippen LogP) is 7.35. The quantitative estimate of drug-likeness (QED) is 0.221. The molecule has 6 rings (SSSR count). The van der Waals surface area contributed by atoms with Crippen molar-refractivity contribution in [2.45, 2.75) is 58.6 Å². The Morgan fingerprint density at radius 1 is 0.860 bits per heavy atom. The second-order valence-corrected chi connectivity index (χ2v) is 12.5. The fourth-order valence-corrected chi connectivity index (χ4v) is 7.04. The van der Waals surface area contributed by atoms with E-state index in [1.165, 1.54) is 48.1 Å². The standard InChI is InChI=1S/C35H41F3N4O/c1-26-4-2-5-27(20-26)22-40-17-12-34(13-18-40)14-19-41(25-34)23-28-6-11-33-31(21-28)32(24-42(33)16-3-15-39)29-7-9-30(10-8-29)43-35(36,37)38/h2,4-11,20-21,24H,3,12-19,22-23,25,39H2,1H3. The lowest BCUT2D eigenvalue weighted by molar-refractivity contribution is -0.274. The number of fused-ring (bicyclic) bond motifs is 1. The Kier molecular flexibility index (Phi) is 8.54. The fourth-order valence-electron chi connectivity index (χ4n) is 7.04. The van der Waals surface area contributed by atoms with E-state index in [0.717, 1.165) is 74.3 Å². The minimum Gasteiger partial charge on any atom is -0.406 e. The number of halogens is 3. The molecular weight excluding hydrogens is 549 g/mol. The maximum Gasteiger partial charge on any atom is 0.573 e. The van der Waals surface area contributed by atoms with E-state index in [9.17, 15) is 13.2 Å². The van der Waals surface area contributed by atoms with Gasteiger partial charge in [0.1, 0.15) is 5.75 Å². The Hall–Kier alpha value is -3.33. The number of hydrogen-bond acceptors (Lipinski definition) is 4. The first-order valence-corrected chi connectivity index (χ1v) is 15.4. The van der Waals surface area contributed by atoms with Gasteiger partial charge in [0.2, 0.25) is 0 Å². The highest BCUT2D eigenvalue weighted by atomic mass is 19.4. The lowest BCUT2D eigenvalue weighted by atomic mass is 9.77. The van der Waals surface area contributed by atoms with Gasteiger partial charge in [-0.2, -0.15) is 0 Å². The maximum atomic E-state index is 12.7. The molecule has 3 heterocycles. The molecular formula is C35H41F3N4O. The Labute approximate surface area is 252 Å². The van der Waals surface area contributed by atoms with Crippen molar-refractivity contribution < 1.29 is 17.9 Å². The van der Waals surface area contributed by atoms with E-state index >= 15 is 0 Å². The lowest BCUT2D eigenvalue weighted by Crippen LogP contribution is -2.41. The summed E-state index contributed by atoms with van der Waals surface area (Å²) >= 11 is 0. The van der Waals surface area contributed by atoms with Crippen molar-refractivity contribution in [3.8, 4) is 16.9 Å². The Balaban J connectivity index is 1.15. The van der Waals surface area contributed by atoms with Crippen LogP contribution in [0.5, 0.6) is 5.75 Å². The highest BCUT2D eigenvalue weighted by molar-refractivity contribution is 5.96. The Morgan fingerprint density at radius 2 is 1.56 bits per heavy atom. The number of aromatic nitrogens is 1. The molecule has 1 aromatic heterocycles. The molecule has 2 aliphatic heterocycles. The van der Waals surface area contributed by atoms with Crippen molar-refractivity contribution in [3.05, 3.63) is 89.6 Å². The number of benzene rings is 3. The molecule has 4 aromatic rings. The molecule has 0 atom stereocenters. The highest BCUT2D eigenvalue weighted by Crippen LogP contribution is 2.41. The molecule has 2 N–H and O–H groups in total. The van der Waals surface area contributed by atoms with Crippen molar-refractivity contribution in [2.75, 3.05) is 32.7 Å². The van der Waals surface area contributed by atoms with Crippen molar-refractivity contribution in [1.82, 2.24) is 14.4 Å². The van der Waals surface area contributed by atoms with Gasteiger partial charge in [0.15, 0.2) is 0 Å². The third-order valence-corrected chi connectivity index (χ3v) is 9.28. The SMILES string of the molecule is Cc1cccc(CN2CCC3(CC2)CCN(Cc2ccc4c(c2)c(-c2ccc(OC(F)(F)F)cc2)cn4CCCN)C3)c1. The van der Waals surface area contributed by atoms with E-state index in [0.29, 0.717) is 12.0 Å². The van der Waals surface area contributed by atoms with Crippen LogP contribution in [0, 0.1) is 12.3 Å². The summed E-state index contributed by atoms with van der Waals surface area (Å²) in [6, 6.07) is 21.7. The molecule has 1 spiro atoms. The Bertz CT molecular complexity index is 1540. The normalized spacial score (nSPS) is 17.7. The lowest BCUT2D eigenvalue weighted by Gasteiger charge is -2.39. The summed E-state index contributed by atoms with van der Waals surface area (Å²) in [5.74, 6) is -0.215. The number of nitrogens with zero attached hydrogens (tertiary/aromatic N) is 3. The molecule has 8 heteroatoms. The van der Waals surface area contributed by atoms with Crippen molar-refractivity contribution >= 4 is 10.9 Å². The van der Waals surface area contributed by atoms with Gasteiger partial charge in [0.05, 0.1) is 0 Å². The number of rotatable bonds is 9. The second-order valence-electron chi connectivity index (χ2n) is 12.5. The maximum absolute atomic E-state index is 12.7. The molecule has 2 saturated heterocycles. The van der Waals surface area contributed by atoms with Gasteiger partial charge in [-0.15, -0.1) is 13.2 Å².